The number of carbonyl (C=O) groups is 2. The summed E-state index contributed by atoms with van der Waals surface area (Å²) in [6, 6.07) is 3.47. The Morgan fingerprint density at radius 3 is 2.31 bits per heavy atom. The van der Waals surface area contributed by atoms with E-state index in [9.17, 15) is 9.59 Å². The Morgan fingerprint density at radius 2 is 1.72 bits per heavy atom. The number of likely N-dealkylation sites (tertiary alicyclic amines) is 1. The van der Waals surface area contributed by atoms with Gasteiger partial charge in [0.15, 0.2) is 18.0 Å². The second kappa shape index (κ2) is 8.73. The normalized spacial score (nSPS) is 21.6. The number of carbonyl (C=O) groups excluding carboxylic acids is 2. The number of hydrogen-bond donors (Lipinski definition) is 3. The van der Waals surface area contributed by atoms with E-state index in [2.05, 4.69) is 24.1 Å². The molecule has 3 rings (SSSR count). The van der Waals surface area contributed by atoms with Crippen molar-refractivity contribution in [1.29, 1.82) is 0 Å². The molecule has 1 amide bonds. The summed E-state index contributed by atoms with van der Waals surface area (Å²) in [5, 5.41) is 3.59. The highest BCUT2D eigenvalue weighted by Gasteiger charge is 2.28. The Balaban J connectivity index is 1.91. The largest absolute Gasteiger partial charge is 0.493 e. The summed E-state index contributed by atoms with van der Waals surface area (Å²) in [4.78, 5) is 29.4. The second-order valence-electron chi connectivity index (χ2n) is 7.95. The number of H-pyrrole nitrogens is 1. The molecule has 0 spiro atoms. The molecular formula is C21H30N3O5+. The zero-order chi connectivity index (χ0) is 21.1. The third-order valence-corrected chi connectivity index (χ3v) is 5.45. The predicted molar refractivity (Wildman–Crippen MR) is 110 cm³/mol. The zero-order valence-corrected chi connectivity index (χ0v) is 17.7. The number of amides is 1. The highest BCUT2D eigenvalue weighted by molar-refractivity contribution is 6.11. The smallest absolute Gasteiger partial charge is 0.356 e. The molecule has 0 aliphatic carbocycles. The van der Waals surface area contributed by atoms with Crippen LogP contribution in [0.2, 0.25) is 0 Å². The number of benzene rings is 1. The number of hydrogen-bond acceptors (Lipinski definition) is 5. The molecular weight excluding hydrogens is 374 g/mol. The summed E-state index contributed by atoms with van der Waals surface area (Å²) in [6.45, 7) is 6.75. The molecule has 8 heteroatoms. The van der Waals surface area contributed by atoms with Crippen LogP contribution in [0.25, 0.3) is 10.9 Å². The van der Waals surface area contributed by atoms with E-state index in [4.69, 9.17) is 14.2 Å². The highest BCUT2D eigenvalue weighted by atomic mass is 16.5. The standard InChI is InChI=1S/C21H29N3O5/c1-12-6-13(2)10-24(9-12)11-18(25)23-19-14-7-16(27-3)17(28-4)8-15(14)22-20(19)21(26)29-5/h7-8,12-13,22H,6,9-11H2,1-5H3,(H,23,25)/p+1/t12-,13-/m1/s1. The van der Waals surface area contributed by atoms with E-state index in [0.29, 0.717) is 46.5 Å². The van der Waals surface area contributed by atoms with Gasteiger partial charge in [-0.05, 0) is 12.5 Å². The van der Waals surface area contributed by atoms with Crippen molar-refractivity contribution in [2.24, 2.45) is 11.8 Å². The van der Waals surface area contributed by atoms with Crippen molar-refractivity contribution in [3.05, 3.63) is 17.8 Å². The molecule has 2 atom stereocenters. The van der Waals surface area contributed by atoms with Gasteiger partial charge in [-0.3, -0.25) is 4.79 Å². The molecule has 2 heterocycles. The maximum absolute atomic E-state index is 12.8. The lowest BCUT2D eigenvalue weighted by molar-refractivity contribution is -0.904. The minimum atomic E-state index is -0.554. The summed E-state index contributed by atoms with van der Waals surface area (Å²) in [5.74, 6) is 1.53. The predicted octanol–water partition coefficient (Wildman–Crippen LogP) is 1.47. The van der Waals surface area contributed by atoms with Crippen molar-refractivity contribution in [1.82, 2.24) is 4.98 Å². The van der Waals surface area contributed by atoms with Gasteiger partial charge in [0.25, 0.3) is 5.91 Å². The summed E-state index contributed by atoms with van der Waals surface area (Å²) >= 11 is 0. The lowest BCUT2D eigenvalue weighted by Crippen LogP contribution is -3.15. The lowest BCUT2D eigenvalue weighted by atomic mass is 9.92. The summed E-state index contributed by atoms with van der Waals surface area (Å²) in [7, 11) is 4.39. The zero-order valence-electron chi connectivity index (χ0n) is 17.7. The number of esters is 1. The van der Waals surface area contributed by atoms with E-state index in [1.165, 1.54) is 25.5 Å². The fraction of sp³-hybridized carbons (Fsp3) is 0.524. The van der Waals surface area contributed by atoms with E-state index < -0.39 is 5.97 Å². The van der Waals surface area contributed by atoms with Crippen LogP contribution in [0.3, 0.4) is 0 Å². The first-order valence-electron chi connectivity index (χ1n) is 9.85. The Morgan fingerprint density at radius 1 is 1.10 bits per heavy atom. The minimum Gasteiger partial charge on any atom is -0.493 e. The molecule has 1 fully saturated rings. The maximum Gasteiger partial charge on any atom is 0.356 e. The number of quaternary nitrogens is 1. The van der Waals surface area contributed by atoms with Crippen molar-refractivity contribution in [3.63, 3.8) is 0 Å². The van der Waals surface area contributed by atoms with Gasteiger partial charge in [0, 0.05) is 23.3 Å². The molecule has 29 heavy (non-hydrogen) atoms. The van der Waals surface area contributed by atoms with Crippen LogP contribution < -0.4 is 19.7 Å². The van der Waals surface area contributed by atoms with Gasteiger partial charge in [-0.25, -0.2) is 4.79 Å². The van der Waals surface area contributed by atoms with Crippen molar-refractivity contribution in [2.45, 2.75) is 20.3 Å². The van der Waals surface area contributed by atoms with Crippen LogP contribution in [-0.2, 0) is 9.53 Å². The molecule has 8 nitrogen and oxygen atoms in total. The van der Waals surface area contributed by atoms with Gasteiger partial charge in [-0.2, -0.15) is 0 Å². The van der Waals surface area contributed by atoms with Crippen LogP contribution in [0.15, 0.2) is 12.1 Å². The average molecular weight is 404 g/mol. The van der Waals surface area contributed by atoms with Crippen molar-refractivity contribution in [3.8, 4) is 11.5 Å². The van der Waals surface area contributed by atoms with E-state index in [1.807, 2.05) is 0 Å². The average Bonchev–Trinajstić information content (AvgIpc) is 3.02. The number of anilines is 1. The first-order valence-corrected chi connectivity index (χ1v) is 9.85. The van der Waals surface area contributed by atoms with Gasteiger partial charge < -0.3 is 29.4 Å². The Kier molecular flexibility index (Phi) is 6.32. The Bertz CT molecular complexity index is 897. The van der Waals surface area contributed by atoms with Gasteiger partial charge >= 0.3 is 5.97 Å². The van der Waals surface area contributed by atoms with E-state index >= 15 is 0 Å². The molecule has 1 saturated heterocycles. The van der Waals surface area contributed by atoms with Gasteiger partial charge in [0.1, 0.15) is 5.69 Å². The molecule has 1 aromatic carbocycles. The fourth-order valence-electron chi connectivity index (χ4n) is 4.38. The number of aromatic nitrogens is 1. The Labute approximate surface area is 170 Å². The van der Waals surface area contributed by atoms with Crippen LogP contribution >= 0.6 is 0 Å². The molecule has 2 aromatic rings. The fourth-order valence-corrected chi connectivity index (χ4v) is 4.38. The number of piperidine rings is 1. The van der Waals surface area contributed by atoms with Gasteiger partial charge in [0.05, 0.1) is 45.6 Å². The minimum absolute atomic E-state index is 0.137. The number of aromatic amines is 1. The summed E-state index contributed by atoms with van der Waals surface area (Å²) < 4.78 is 15.6. The Hall–Kier alpha value is -2.74. The quantitative estimate of drug-likeness (QED) is 0.634. The van der Waals surface area contributed by atoms with E-state index in [1.54, 1.807) is 19.2 Å². The molecule has 1 aromatic heterocycles. The third kappa shape index (κ3) is 4.48. The van der Waals surface area contributed by atoms with Crippen molar-refractivity contribution in [2.75, 3.05) is 46.3 Å². The molecule has 1 aliphatic heterocycles. The lowest BCUT2D eigenvalue weighted by Gasteiger charge is -2.31. The third-order valence-electron chi connectivity index (χ3n) is 5.45. The van der Waals surface area contributed by atoms with E-state index in [0.717, 1.165) is 13.1 Å². The highest BCUT2D eigenvalue weighted by Crippen LogP contribution is 2.37. The number of fused-ring (bicyclic) bond motifs is 1. The van der Waals surface area contributed by atoms with Crippen LogP contribution in [0.4, 0.5) is 5.69 Å². The van der Waals surface area contributed by atoms with Gasteiger partial charge in [-0.1, -0.05) is 13.8 Å². The molecule has 0 saturated carbocycles. The summed E-state index contributed by atoms with van der Waals surface area (Å²) in [6.07, 6.45) is 1.20. The number of ether oxygens (including phenoxy) is 3. The molecule has 0 radical (unpaired) electrons. The number of rotatable bonds is 6. The first-order chi connectivity index (χ1) is 13.9. The van der Waals surface area contributed by atoms with Crippen LogP contribution in [-0.4, -0.2) is 57.8 Å². The molecule has 3 N–H and O–H groups in total. The first kappa shape index (κ1) is 21.0. The number of methoxy groups -OCH3 is 3. The molecule has 0 unspecified atom stereocenters. The number of nitrogens with one attached hydrogen (secondary N) is 3. The molecule has 1 aliphatic rings. The van der Waals surface area contributed by atoms with Crippen molar-refractivity contribution < 1.29 is 28.7 Å². The van der Waals surface area contributed by atoms with Crippen molar-refractivity contribution >= 4 is 28.5 Å². The maximum atomic E-state index is 12.8. The van der Waals surface area contributed by atoms with Crippen LogP contribution in [0, 0.1) is 11.8 Å². The van der Waals surface area contributed by atoms with E-state index in [-0.39, 0.29) is 11.6 Å². The molecule has 0 bridgehead atoms. The van der Waals surface area contributed by atoms with Crippen LogP contribution in [0.1, 0.15) is 30.8 Å². The monoisotopic (exact) mass is 404 g/mol. The van der Waals surface area contributed by atoms with Crippen LogP contribution in [0.5, 0.6) is 11.5 Å². The van der Waals surface area contributed by atoms with Gasteiger partial charge in [0.2, 0.25) is 0 Å². The SMILES string of the molecule is COC(=O)c1[nH]c2cc(OC)c(OC)cc2c1NC(=O)C[NH+]1C[C@H](C)C[C@@H](C)C1. The summed E-state index contributed by atoms with van der Waals surface area (Å²) in [5.41, 5.74) is 1.24. The molecule has 158 valence electrons. The second-order valence-corrected chi connectivity index (χ2v) is 7.95. The van der Waals surface area contributed by atoms with Gasteiger partial charge in [-0.15, -0.1) is 0 Å². The topological polar surface area (TPSA) is 94.1 Å².